The Morgan fingerprint density at radius 1 is 1.14 bits per heavy atom. The highest BCUT2D eigenvalue weighted by molar-refractivity contribution is 6.58. The number of hydrogen-bond acceptors (Lipinski definition) is 5. The van der Waals surface area contributed by atoms with Crippen LogP contribution in [0.5, 0.6) is 0 Å². The number of nitrogens with one attached hydrogen (secondary N) is 1. The van der Waals surface area contributed by atoms with E-state index in [1.165, 1.54) is 12.1 Å². The summed E-state index contributed by atoms with van der Waals surface area (Å²) in [5, 5.41) is 26.0. The fourth-order valence-corrected chi connectivity index (χ4v) is 4.27. The lowest BCUT2D eigenvalue weighted by atomic mass is 10.2. The molecule has 1 N–H and O–H groups in total. The molecule has 0 saturated carbocycles. The molecule has 8 heteroatoms. The van der Waals surface area contributed by atoms with E-state index in [0.717, 1.165) is 23.8 Å². The number of nitro benzene ring substituents is 2. The van der Waals surface area contributed by atoms with E-state index in [9.17, 15) is 20.2 Å². The molecule has 0 atom stereocenters. The van der Waals surface area contributed by atoms with Crippen molar-refractivity contribution in [2.45, 2.75) is 19.4 Å². The molecule has 2 rings (SSSR count). The molecule has 0 aliphatic rings. The third-order valence-electron chi connectivity index (χ3n) is 3.19. The number of nitro groups is 2. The second kappa shape index (κ2) is 6.90. The van der Waals surface area contributed by atoms with Crippen LogP contribution in [-0.4, -0.2) is 18.2 Å². The Bertz CT molecular complexity index is 721. The van der Waals surface area contributed by atoms with Crippen molar-refractivity contribution < 1.29 is 9.85 Å². The van der Waals surface area contributed by atoms with Gasteiger partial charge in [-0.2, -0.15) is 0 Å². The van der Waals surface area contributed by atoms with Gasteiger partial charge in [-0.15, -0.1) is 0 Å². The summed E-state index contributed by atoms with van der Waals surface area (Å²) >= 11 is 0. The van der Waals surface area contributed by atoms with E-state index >= 15 is 0 Å². The van der Waals surface area contributed by atoms with Crippen LogP contribution in [-0.2, 0) is 6.04 Å². The van der Waals surface area contributed by atoms with Crippen LogP contribution in [0.1, 0.15) is 13.3 Å². The lowest BCUT2D eigenvalue weighted by Crippen LogP contribution is -2.07. The van der Waals surface area contributed by atoms with E-state index < -0.39 is 18.2 Å². The number of rotatable bonds is 6. The first-order chi connectivity index (χ1) is 10.5. The van der Waals surface area contributed by atoms with Crippen LogP contribution < -0.4 is 5.32 Å². The lowest BCUT2D eigenvalue weighted by Gasteiger charge is -2.11. The van der Waals surface area contributed by atoms with E-state index in [4.69, 9.17) is 0 Å². The number of aryl methyl sites for hydroxylation is 1. The van der Waals surface area contributed by atoms with Crippen molar-refractivity contribution in [1.82, 2.24) is 0 Å². The SMILES string of the molecule is CCC[si]1ccccc1Nc1ccc([N+](=O)[O-])cc1[N+](=O)[O-]. The van der Waals surface area contributed by atoms with Crippen LogP contribution in [0.3, 0.4) is 0 Å². The average Bonchev–Trinajstić information content (AvgIpc) is 2.49. The van der Waals surface area contributed by atoms with Gasteiger partial charge in [0.25, 0.3) is 11.4 Å². The summed E-state index contributed by atoms with van der Waals surface area (Å²) in [6.45, 7) is 2.09. The van der Waals surface area contributed by atoms with Crippen LogP contribution in [0.4, 0.5) is 22.4 Å². The first kappa shape index (κ1) is 15.8. The highest BCUT2D eigenvalue weighted by Gasteiger charge is 2.20. The van der Waals surface area contributed by atoms with Crippen LogP contribution in [0.25, 0.3) is 0 Å². The Hall–Kier alpha value is -2.61. The minimum Gasteiger partial charge on any atom is -0.354 e. The summed E-state index contributed by atoms with van der Waals surface area (Å²) in [6.07, 6.45) is 1.03. The van der Waals surface area contributed by atoms with Gasteiger partial charge in [-0.1, -0.05) is 31.2 Å². The highest BCUT2D eigenvalue weighted by Crippen LogP contribution is 2.31. The molecular weight excluding hydrogens is 302 g/mol. The molecule has 22 heavy (non-hydrogen) atoms. The van der Waals surface area contributed by atoms with Gasteiger partial charge in [0.15, 0.2) is 0 Å². The standard InChI is InChI=1S/C14H15N3O4Si/c1-2-8-22-9-4-3-5-14(22)15-12-7-6-11(16(18)19)10-13(12)17(20)21/h3-7,9-10,15H,2,8H2,1H3. The molecule has 1 heterocycles. The maximum absolute atomic E-state index is 11.2. The largest absolute Gasteiger partial charge is 0.354 e. The zero-order chi connectivity index (χ0) is 16.1. The lowest BCUT2D eigenvalue weighted by molar-refractivity contribution is -0.393. The Morgan fingerprint density at radius 3 is 2.55 bits per heavy atom. The minimum atomic E-state index is -0.921. The van der Waals surface area contributed by atoms with E-state index in [0.29, 0.717) is 0 Å². The molecule has 0 radical (unpaired) electrons. The van der Waals surface area contributed by atoms with Gasteiger partial charge < -0.3 is 5.32 Å². The summed E-state index contributed by atoms with van der Waals surface area (Å²) < 4.78 is 0. The molecule has 0 bridgehead atoms. The molecule has 114 valence electrons. The van der Waals surface area contributed by atoms with Gasteiger partial charge in [0.1, 0.15) is 5.69 Å². The Morgan fingerprint density at radius 2 is 1.91 bits per heavy atom. The number of benzene rings is 1. The van der Waals surface area contributed by atoms with E-state index in [1.807, 2.05) is 18.2 Å². The van der Waals surface area contributed by atoms with E-state index in [2.05, 4.69) is 17.9 Å². The van der Waals surface area contributed by atoms with Crippen LogP contribution in [0.15, 0.2) is 42.1 Å². The molecule has 0 saturated heterocycles. The summed E-state index contributed by atoms with van der Waals surface area (Å²) in [6, 6.07) is 10.4. The molecule has 0 spiro atoms. The van der Waals surface area contributed by atoms with Crippen LogP contribution in [0.2, 0.25) is 0 Å². The molecule has 7 nitrogen and oxygen atoms in total. The topological polar surface area (TPSA) is 98.3 Å². The molecule has 1 aromatic carbocycles. The van der Waals surface area contributed by atoms with E-state index in [1.54, 1.807) is 0 Å². The predicted octanol–water partition coefficient (Wildman–Crippen LogP) is 3.68. The normalized spacial score (nSPS) is 10.2. The number of nitrogens with zero attached hydrogens (tertiary/aromatic N) is 2. The number of hydrogen-bond donors (Lipinski definition) is 1. The van der Waals surface area contributed by atoms with Crippen molar-refractivity contribution in [3.05, 3.63) is 62.3 Å². The third-order valence-corrected chi connectivity index (χ3v) is 5.81. The fourth-order valence-electron chi connectivity index (χ4n) is 2.17. The molecule has 0 aliphatic heterocycles. The average molecular weight is 317 g/mol. The van der Waals surface area contributed by atoms with Crippen molar-refractivity contribution in [1.29, 1.82) is 0 Å². The summed E-state index contributed by atoms with van der Waals surface area (Å²) in [4.78, 5) is 20.7. The van der Waals surface area contributed by atoms with E-state index in [-0.39, 0.29) is 17.1 Å². The molecule has 1 aromatic heterocycles. The minimum absolute atomic E-state index is 0.282. The van der Waals surface area contributed by atoms with Crippen molar-refractivity contribution >= 4 is 30.8 Å². The second-order valence-corrected chi connectivity index (χ2v) is 7.17. The van der Waals surface area contributed by atoms with Crippen molar-refractivity contribution in [2.75, 3.05) is 5.32 Å². The molecule has 0 aliphatic carbocycles. The fraction of sp³-hybridized carbons (Fsp3) is 0.214. The van der Waals surface area contributed by atoms with Crippen molar-refractivity contribution in [3.63, 3.8) is 0 Å². The molecular formula is C14H15N3O4Si. The number of non-ortho nitro benzene ring substituents is 1. The highest BCUT2D eigenvalue weighted by atomic mass is 28.2. The smallest absolute Gasteiger partial charge is 0.299 e. The maximum atomic E-state index is 11.2. The monoisotopic (exact) mass is 317 g/mol. The van der Waals surface area contributed by atoms with Gasteiger partial charge >= 0.3 is 0 Å². The van der Waals surface area contributed by atoms with Gasteiger partial charge in [0.05, 0.1) is 24.3 Å². The molecule has 0 amide bonds. The van der Waals surface area contributed by atoms with Crippen molar-refractivity contribution in [2.24, 2.45) is 0 Å². The summed E-state index contributed by atoms with van der Waals surface area (Å²) in [7, 11) is -0.921. The Labute approximate surface area is 128 Å². The molecule has 2 aromatic rings. The first-order valence-corrected chi connectivity index (χ1v) is 8.59. The predicted molar refractivity (Wildman–Crippen MR) is 85.7 cm³/mol. The maximum Gasteiger partial charge on any atom is 0.299 e. The third kappa shape index (κ3) is 3.53. The van der Waals surface area contributed by atoms with Crippen molar-refractivity contribution in [3.8, 4) is 0 Å². The molecule has 0 fully saturated rings. The summed E-state index contributed by atoms with van der Waals surface area (Å²) in [5.41, 5.74) is 1.83. The van der Waals surface area contributed by atoms with Gasteiger partial charge in [0.2, 0.25) is 0 Å². The quantitative estimate of drug-likeness (QED) is 0.498. The molecule has 0 unspecified atom stereocenters. The Kier molecular flexibility index (Phi) is 4.94. The van der Waals surface area contributed by atoms with Gasteiger partial charge in [0, 0.05) is 11.4 Å². The zero-order valence-corrected chi connectivity index (χ0v) is 13.0. The Balaban J connectivity index is 2.41. The zero-order valence-electron chi connectivity index (χ0n) is 12.0. The van der Waals surface area contributed by atoms with Gasteiger partial charge in [-0.25, -0.2) is 0 Å². The van der Waals surface area contributed by atoms with Crippen LogP contribution in [0, 0.1) is 20.2 Å². The van der Waals surface area contributed by atoms with Crippen LogP contribution >= 0.6 is 0 Å². The number of anilines is 2. The van der Waals surface area contributed by atoms with Gasteiger partial charge in [-0.3, -0.25) is 20.2 Å². The van der Waals surface area contributed by atoms with Gasteiger partial charge in [-0.05, 0) is 18.2 Å². The first-order valence-electron chi connectivity index (χ1n) is 6.80. The second-order valence-electron chi connectivity index (χ2n) is 4.75. The summed E-state index contributed by atoms with van der Waals surface area (Å²) in [5.74, 6) is 0.